The lowest BCUT2D eigenvalue weighted by molar-refractivity contribution is 0.103. The zero-order valence-electron chi connectivity index (χ0n) is 11.2. The summed E-state index contributed by atoms with van der Waals surface area (Å²) in [5, 5.41) is 2.94. The van der Waals surface area contributed by atoms with Crippen molar-refractivity contribution in [2.75, 3.05) is 16.8 Å². The minimum atomic E-state index is -0.0291. The molecule has 2 heterocycles. The maximum absolute atomic E-state index is 12.3. The molecule has 0 aliphatic carbocycles. The van der Waals surface area contributed by atoms with Crippen LogP contribution in [-0.4, -0.2) is 11.7 Å². The van der Waals surface area contributed by atoms with E-state index in [-0.39, 0.29) is 5.91 Å². The number of aryl methyl sites for hydroxylation is 2. The number of carbonyl (C=O) groups is 1. The van der Waals surface area contributed by atoms with Crippen molar-refractivity contribution in [2.24, 2.45) is 0 Å². The Morgan fingerprint density at radius 1 is 1.35 bits per heavy atom. The van der Waals surface area contributed by atoms with Crippen molar-refractivity contribution in [3.8, 4) is 0 Å². The zero-order valence-corrected chi connectivity index (χ0v) is 12.9. The first kappa shape index (κ1) is 13.5. The van der Waals surface area contributed by atoms with Gasteiger partial charge in [0.1, 0.15) is 0 Å². The average Bonchev–Trinajstić information content (AvgIpc) is 2.87. The first-order valence-corrected chi connectivity index (χ1v) is 8.47. The SMILES string of the molecule is Cc1cc(NC(=O)c2cc3c(s2)CCSC3)ccc1N. The van der Waals surface area contributed by atoms with Gasteiger partial charge in [-0.15, -0.1) is 11.3 Å². The number of nitrogens with two attached hydrogens (primary N) is 1. The highest BCUT2D eigenvalue weighted by molar-refractivity contribution is 7.98. The summed E-state index contributed by atoms with van der Waals surface area (Å²) in [6.07, 6.45) is 1.08. The summed E-state index contributed by atoms with van der Waals surface area (Å²) in [5.41, 5.74) is 9.62. The Hall–Kier alpha value is -1.46. The second-order valence-corrected chi connectivity index (χ2v) is 7.13. The van der Waals surface area contributed by atoms with E-state index < -0.39 is 0 Å². The zero-order chi connectivity index (χ0) is 14.1. The summed E-state index contributed by atoms with van der Waals surface area (Å²) in [7, 11) is 0. The predicted octanol–water partition coefficient (Wildman–Crippen LogP) is 3.68. The molecule has 104 valence electrons. The molecule has 0 saturated carbocycles. The topological polar surface area (TPSA) is 55.1 Å². The minimum absolute atomic E-state index is 0.0291. The van der Waals surface area contributed by atoms with Gasteiger partial charge in [-0.05, 0) is 54.5 Å². The Kier molecular flexibility index (Phi) is 3.72. The maximum atomic E-state index is 12.3. The Balaban J connectivity index is 1.78. The van der Waals surface area contributed by atoms with Crippen LogP contribution in [0.4, 0.5) is 11.4 Å². The summed E-state index contributed by atoms with van der Waals surface area (Å²) < 4.78 is 0. The molecule has 1 amide bonds. The van der Waals surface area contributed by atoms with Gasteiger partial charge in [0.05, 0.1) is 4.88 Å². The van der Waals surface area contributed by atoms with Crippen LogP contribution < -0.4 is 11.1 Å². The third kappa shape index (κ3) is 2.69. The van der Waals surface area contributed by atoms with Crippen LogP contribution in [0.15, 0.2) is 24.3 Å². The van der Waals surface area contributed by atoms with Crippen molar-refractivity contribution in [2.45, 2.75) is 19.1 Å². The number of nitrogens with one attached hydrogen (secondary N) is 1. The molecule has 1 aromatic heterocycles. The van der Waals surface area contributed by atoms with E-state index in [1.54, 1.807) is 11.3 Å². The number of rotatable bonds is 2. The molecule has 5 heteroatoms. The third-order valence-corrected chi connectivity index (χ3v) is 5.62. The van der Waals surface area contributed by atoms with Crippen molar-refractivity contribution in [3.05, 3.63) is 45.1 Å². The van der Waals surface area contributed by atoms with Crippen LogP contribution in [0.2, 0.25) is 0 Å². The molecule has 0 spiro atoms. The van der Waals surface area contributed by atoms with Gasteiger partial charge >= 0.3 is 0 Å². The molecule has 0 saturated heterocycles. The van der Waals surface area contributed by atoms with Crippen LogP contribution in [0.1, 0.15) is 25.7 Å². The van der Waals surface area contributed by atoms with Crippen LogP contribution in [0.3, 0.4) is 0 Å². The van der Waals surface area contributed by atoms with Gasteiger partial charge in [0.2, 0.25) is 0 Å². The molecule has 1 aliphatic rings. The van der Waals surface area contributed by atoms with E-state index in [1.165, 1.54) is 10.4 Å². The lowest BCUT2D eigenvalue weighted by Crippen LogP contribution is -2.10. The maximum Gasteiger partial charge on any atom is 0.265 e. The molecule has 1 aromatic carbocycles. The van der Waals surface area contributed by atoms with Gasteiger partial charge in [0.25, 0.3) is 5.91 Å². The number of amides is 1. The fourth-order valence-corrected chi connectivity index (χ4v) is 4.47. The van der Waals surface area contributed by atoms with Crippen molar-refractivity contribution < 1.29 is 4.79 Å². The normalized spacial score (nSPS) is 13.8. The summed E-state index contributed by atoms with van der Waals surface area (Å²) >= 11 is 3.55. The standard InChI is InChI=1S/C15H16N2OS2/c1-9-6-11(2-3-12(9)16)17-15(18)14-7-10-8-19-5-4-13(10)20-14/h2-3,6-7H,4-5,8,16H2,1H3,(H,17,18). The van der Waals surface area contributed by atoms with Crippen LogP contribution in [0, 0.1) is 6.92 Å². The predicted molar refractivity (Wildman–Crippen MR) is 87.7 cm³/mol. The van der Waals surface area contributed by atoms with E-state index in [0.29, 0.717) is 0 Å². The number of hydrogen-bond donors (Lipinski definition) is 2. The number of nitrogen functional groups attached to an aromatic ring is 1. The molecule has 0 bridgehead atoms. The first-order chi connectivity index (χ1) is 9.63. The molecular weight excluding hydrogens is 288 g/mol. The van der Waals surface area contributed by atoms with Crippen molar-refractivity contribution in [1.29, 1.82) is 0 Å². The van der Waals surface area contributed by atoms with E-state index in [9.17, 15) is 4.79 Å². The van der Waals surface area contributed by atoms with E-state index in [4.69, 9.17) is 5.73 Å². The van der Waals surface area contributed by atoms with Gasteiger partial charge in [-0.2, -0.15) is 11.8 Å². The van der Waals surface area contributed by atoms with Gasteiger partial charge in [-0.1, -0.05) is 0 Å². The van der Waals surface area contributed by atoms with Crippen molar-refractivity contribution in [1.82, 2.24) is 0 Å². The molecule has 20 heavy (non-hydrogen) atoms. The number of anilines is 2. The van der Waals surface area contributed by atoms with Crippen LogP contribution in [0.5, 0.6) is 0 Å². The lowest BCUT2D eigenvalue weighted by atomic mass is 10.2. The second kappa shape index (κ2) is 5.50. The van der Waals surface area contributed by atoms with E-state index in [2.05, 4.69) is 5.32 Å². The highest BCUT2D eigenvalue weighted by atomic mass is 32.2. The second-order valence-electron chi connectivity index (χ2n) is 4.89. The molecule has 0 radical (unpaired) electrons. The number of carbonyl (C=O) groups excluding carboxylic acids is 1. The largest absolute Gasteiger partial charge is 0.399 e. The van der Waals surface area contributed by atoms with Crippen molar-refractivity contribution >= 4 is 40.4 Å². The summed E-state index contributed by atoms with van der Waals surface area (Å²) in [6, 6.07) is 7.59. The highest BCUT2D eigenvalue weighted by Gasteiger charge is 2.17. The van der Waals surface area contributed by atoms with E-state index >= 15 is 0 Å². The van der Waals surface area contributed by atoms with Gasteiger partial charge in [-0.25, -0.2) is 0 Å². The molecule has 0 unspecified atom stereocenters. The molecule has 3 rings (SSSR count). The molecule has 1 aliphatic heterocycles. The van der Waals surface area contributed by atoms with Gasteiger partial charge in [-0.3, -0.25) is 4.79 Å². The van der Waals surface area contributed by atoms with Gasteiger partial charge in [0.15, 0.2) is 0 Å². The Morgan fingerprint density at radius 3 is 2.95 bits per heavy atom. The van der Waals surface area contributed by atoms with Crippen LogP contribution in [-0.2, 0) is 12.2 Å². The lowest BCUT2D eigenvalue weighted by Gasteiger charge is -2.08. The number of thioether (sulfide) groups is 1. The average molecular weight is 304 g/mol. The van der Waals surface area contributed by atoms with Gasteiger partial charge < -0.3 is 11.1 Å². The summed E-state index contributed by atoms with van der Waals surface area (Å²) in [5.74, 6) is 2.16. The van der Waals surface area contributed by atoms with Crippen LogP contribution in [0.25, 0.3) is 0 Å². The Morgan fingerprint density at radius 2 is 2.20 bits per heavy atom. The molecular formula is C15H16N2OS2. The molecule has 0 fully saturated rings. The van der Waals surface area contributed by atoms with Gasteiger partial charge in [0, 0.05) is 22.0 Å². The molecule has 2 aromatic rings. The summed E-state index contributed by atoms with van der Waals surface area (Å²) in [6.45, 7) is 1.94. The first-order valence-electron chi connectivity index (χ1n) is 6.50. The monoisotopic (exact) mass is 304 g/mol. The summed E-state index contributed by atoms with van der Waals surface area (Å²) in [4.78, 5) is 14.5. The van der Waals surface area contributed by atoms with Crippen LogP contribution >= 0.6 is 23.1 Å². The number of hydrogen-bond acceptors (Lipinski definition) is 4. The smallest absolute Gasteiger partial charge is 0.265 e. The Bertz CT molecular complexity index is 640. The number of thiophene rings is 1. The quantitative estimate of drug-likeness (QED) is 0.832. The fourth-order valence-electron chi connectivity index (χ4n) is 2.21. The fraction of sp³-hybridized carbons (Fsp3) is 0.267. The van der Waals surface area contributed by atoms with E-state index in [1.807, 2.05) is 43.0 Å². The minimum Gasteiger partial charge on any atom is -0.399 e. The highest BCUT2D eigenvalue weighted by Crippen LogP contribution is 2.32. The molecule has 0 atom stereocenters. The third-order valence-electron chi connectivity index (χ3n) is 3.38. The Labute approximate surface area is 126 Å². The number of benzene rings is 1. The van der Waals surface area contributed by atoms with Crippen molar-refractivity contribution in [3.63, 3.8) is 0 Å². The number of fused-ring (bicyclic) bond motifs is 1. The van der Waals surface area contributed by atoms with E-state index in [0.717, 1.165) is 39.7 Å². The molecule has 3 N–H and O–H groups in total. The molecule has 3 nitrogen and oxygen atoms in total.